The first kappa shape index (κ1) is 11.1. The van der Waals surface area contributed by atoms with Gasteiger partial charge in [0, 0.05) is 10.4 Å². The fourth-order valence-corrected chi connectivity index (χ4v) is 2.88. The maximum Gasteiger partial charge on any atom is 0.0503 e. The van der Waals surface area contributed by atoms with Crippen molar-refractivity contribution in [3.05, 3.63) is 34.3 Å². The third-order valence-electron chi connectivity index (χ3n) is 3.17. The van der Waals surface area contributed by atoms with Gasteiger partial charge in [0.05, 0.1) is 6.61 Å². The van der Waals surface area contributed by atoms with Crippen LogP contribution >= 0.6 is 15.9 Å². The molecule has 2 unspecified atom stereocenters. The van der Waals surface area contributed by atoms with Crippen LogP contribution in [0.4, 0.5) is 0 Å². The Kier molecular flexibility index (Phi) is 3.78. The zero-order valence-electron chi connectivity index (χ0n) is 8.62. The number of rotatable bonds is 3. The molecular weight excluding hydrogens is 254 g/mol. The van der Waals surface area contributed by atoms with Gasteiger partial charge in [0.15, 0.2) is 0 Å². The normalized spacial score (nSPS) is 22.9. The van der Waals surface area contributed by atoms with Crippen molar-refractivity contribution in [2.75, 3.05) is 19.7 Å². The molecule has 2 atom stereocenters. The van der Waals surface area contributed by atoms with Gasteiger partial charge in [-0.2, -0.15) is 0 Å². The first-order valence-electron chi connectivity index (χ1n) is 5.39. The van der Waals surface area contributed by atoms with Gasteiger partial charge in [-0.1, -0.05) is 34.1 Å². The van der Waals surface area contributed by atoms with E-state index in [9.17, 15) is 5.11 Å². The average Bonchev–Trinajstić information content (AvgIpc) is 2.75. The van der Waals surface area contributed by atoms with Crippen LogP contribution in [0.5, 0.6) is 0 Å². The van der Waals surface area contributed by atoms with Crippen molar-refractivity contribution in [1.82, 2.24) is 5.32 Å². The van der Waals surface area contributed by atoms with E-state index in [2.05, 4.69) is 27.3 Å². The van der Waals surface area contributed by atoms with E-state index in [0.29, 0.717) is 5.92 Å². The number of halogens is 1. The highest BCUT2D eigenvalue weighted by molar-refractivity contribution is 9.10. The summed E-state index contributed by atoms with van der Waals surface area (Å²) in [4.78, 5) is 0. The van der Waals surface area contributed by atoms with Crippen molar-refractivity contribution < 1.29 is 5.11 Å². The minimum absolute atomic E-state index is 0.231. The Labute approximate surface area is 98.8 Å². The summed E-state index contributed by atoms with van der Waals surface area (Å²) in [5.41, 5.74) is 1.23. The monoisotopic (exact) mass is 269 g/mol. The second-order valence-electron chi connectivity index (χ2n) is 4.06. The Morgan fingerprint density at radius 3 is 2.87 bits per heavy atom. The largest absolute Gasteiger partial charge is 0.396 e. The van der Waals surface area contributed by atoms with Gasteiger partial charge in [-0.05, 0) is 37.1 Å². The third kappa shape index (κ3) is 2.41. The molecule has 0 bridgehead atoms. The molecule has 3 heteroatoms. The summed E-state index contributed by atoms with van der Waals surface area (Å²) in [7, 11) is 0. The molecule has 0 amide bonds. The molecule has 1 aromatic rings. The Hall–Kier alpha value is -0.380. The van der Waals surface area contributed by atoms with Crippen LogP contribution in [-0.2, 0) is 0 Å². The molecule has 1 aromatic carbocycles. The van der Waals surface area contributed by atoms with Gasteiger partial charge in [-0.25, -0.2) is 0 Å². The highest BCUT2D eigenvalue weighted by Gasteiger charge is 2.26. The molecule has 1 heterocycles. The second-order valence-corrected chi connectivity index (χ2v) is 4.92. The molecular formula is C12H16BrNO. The van der Waals surface area contributed by atoms with Crippen LogP contribution in [0.2, 0.25) is 0 Å². The first-order valence-corrected chi connectivity index (χ1v) is 6.18. The molecule has 0 saturated carbocycles. The minimum Gasteiger partial charge on any atom is -0.396 e. The smallest absolute Gasteiger partial charge is 0.0503 e. The first-order chi connectivity index (χ1) is 7.33. The van der Waals surface area contributed by atoms with Crippen LogP contribution in [0.1, 0.15) is 17.9 Å². The van der Waals surface area contributed by atoms with Gasteiger partial charge in [-0.3, -0.25) is 0 Å². The van der Waals surface area contributed by atoms with Crippen molar-refractivity contribution in [3.8, 4) is 0 Å². The van der Waals surface area contributed by atoms with E-state index in [0.717, 1.165) is 24.0 Å². The van der Waals surface area contributed by atoms with Gasteiger partial charge >= 0.3 is 0 Å². The van der Waals surface area contributed by atoms with Crippen molar-refractivity contribution in [1.29, 1.82) is 0 Å². The lowest BCUT2D eigenvalue weighted by Crippen LogP contribution is -2.19. The van der Waals surface area contributed by atoms with Crippen molar-refractivity contribution in [2.24, 2.45) is 5.92 Å². The second kappa shape index (κ2) is 5.10. The van der Waals surface area contributed by atoms with Crippen molar-refractivity contribution in [2.45, 2.75) is 12.3 Å². The van der Waals surface area contributed by atoms with Crippen molar-refractivity contribution >= 4 is 15.9 Å². The molecule has 0 aliphatic carbocycles. The number of aliphatic hydroxyl groups is 1. The number of benzene rings is 1. The fraction of sp³-hybridized carbons (Fsp3) is 0.500. The highest BCUT2D eigenvalue weighted by atomic mass is 79.9. The maximum atomic E-state index is 9.52. The van der Waals surface area contributed by atoms with E-state index in [1.54, 1.807) is 0 Å². The van der Waals surface area contributed by atoms with Crippen molar-refractivity contribution in [3.63, 3.8) is 0 Å². The van der Waals surface area contributed by atoms with Gasteiger partial charge in [-0.15, -0.1) is 0 Å². The van der Waals surface area contributed by atoms with Crippen LogP contribution in [0.15, 0.2) is 28.7 Å². The van der Waals surface area contributed by atoms with Crippen LogP contribution < -0.4 is 5.32 Å². The van der Waals surface area contributed by atoms with Gasteiger partial charge in [0.25, 0.3) is 0 Å². The fourth-order valence-electron chi connectivity index (χ4n) is 2.30. The SMILES string of the molecule is OCC(c1ccccc1Br)C1CCNC1. The quantitative estimate of drug-likeness (QED) is 0.882. The molecule has 2 nitrogen and oxygen atoms in total. The number of nitrogens with one attached hydrogen (secondary N) is 1. The molecule has 0 spiro atoms. The molecule has 1 aliphatic rings. The number of hydrogen-bond acceptors (Lipinski definition) is 2. The lowest BCUT2D eigenvalue weighted by atomic mass is 9.86. The van der Waals surface area contributed by atoms with Crippen LogP contribution in [0.3, 0.4) is 0 Å². The number of hydrogen-bond donors (Lipinski definition) is 2. The molecule has 1 aliphatic heterocycles. The summed E-state index contributed by atoms with van der Waals surface area (Å²) in [6, 6.07) is 8.18. The summed E-state index contributed by atoms with van der Waals surface area (Å²) in [6.45, 7) is 2.33. The Morgan fingerprint density at radius 2 is 2.27 bits per heavy atom. The van der Waals surface area contributed by atoms with Gasteiger partial charge in [0.1, 0.15) is 0 Å². The Balaban J connectivity index is 2.22. The van der Waals surface area contributed by atoms with Gasteiger partial charge in [0.2, 0.25) is 0 Å². The lowest BCUT2D eigenvalue weighted by molar-refractivity contribution is 0.230. The van der Waals surface area contributed by atoms with Gasteiger partial charge < -0.3 is 10.4 Å². The average molecular weight is 270 g/mol. The van der Waals surface area contributed by atoms with E-state index in [1.165, 1.54) is 5.56 Å². The predicted octanol–water partition coefficient (Wildman–Crippen LogP) is 2.13. The highest BCUT2D eigenvalue weighted by Crippen LogP contribution is 2.32. The molecule has 2 N–H and O–H groups in total. The molecule has 1 saturated heterocycles. The maximum absolute atomic E-state index is 9.52. The Morgan fingerprint density at radius 1 is 1.47 bits per heavy atom. The topological polar surface area (TPSA) is 32.3 Å². The zero-order valence-corrected chi connectivity index (χ0v) is 10.2. The summed E-state index contributed by atoms with van der Waals surface area (Å²) >= 11 is 3.55. The third-order valence-corrected chi connectivity index (χ3v) is 3.89. The van der Waals surface area contributed by atoms with Crippen LogP contribution in [0.25, 0.3) is 0 Å². The summed E-state index contributed by atoms with van der Waals surface area (Å²) in [5.74, 6) is 0.823. The predicted molar refractivity (Wildman–Crippen MR) is 64.9 cm³/mol. The summed E-state index contributed by atoms with van der Waals surface area (Å²) in [6.07, 6.45) is 1.16. The lowest BCUT2D eigenvalue weighted by Gasteiger charge is -2.22. The van der Waals surface area contributed by atoms with E-state index < -0.39 is 0 Å². The summed E-state index contributed by atoms with van der Waals surface area (Å²) in [5, 5.41) is 12.9. The van der Waals surface area contributed by atoms with E-state index in [1.807, 2.05) is 18.2 Å². The Bertz CT molecular complexity index is 323. The zero-order chi connectivity index (χ0) is 10.7. The summed E-state index contributed by atoms with van der Waals surface area (Å²) < 4.78 is 1.11. The molecule has 82 valence electrons. The molecule has 0 radical (unpaired) electrons. The molecule has 2 rings (SSSR count). The van der Waals surface area contributed by atoms with Crippen LogP contribution in [0, 0.1) is 5.92 Å². The minimum atomic E-state index is 0.231. The van der Waals surface area contributed by atoms with E-state index >= 15 is 0 Å². The standard InChI is InChI=1S/C12H16BrNO/c13-12-4-2-1-3-10(12)11(8-15)9-5-6-14-7-9/h1-4,9,11,14-15H,5-8H2. The molecule has 1 fully saturated rings. The molecule has 15 heavy (non-hydrogen) atoms. The van der Waals surface area contributed by atoms with E-state index in [4.69, 9.17) is 0 Å². The van der Waals surface area contributed by atoms with E-state index in [-0.39, 0.29) is 12.5 Å². The van der Waals surface area contributed by atoms with Crippen LogP contribution in [-0.4, -0.2) is 24.8 Å². The molecule has 0 aromatic heterocycles. The number of aliphatic hydroxyl groups excluding tert-OH is 1.